The number of aliphatic carboxylic acids is 1. The molecule has 2 N–H and O–H groups in total. The van der Waals surface area contributed by atoms with Crippen LogP contribution < -0.4 is 4.72 Å². The number of hydrogen-bond acceptors (Lipinski definition) is 3. The summed E-state index contributed by atoms with van der Waals surface area (Å²) >= 11 is 0. The summed E-state index contributed by atoms with van der Waals surface area (Å²) in [6.45, 7) is -0.278. The van der Waals surface area contributed by atoms with Gasteiger partial charge in [0.25, 0.3) is 0 Å². The Kier molecular flexibility index (Phi) is 5.73. The summed E-state index contributed by atoms with van der Waals surface area (Å²) in [5.41, 5.74) is -0.684. The van der Waals surface area contributed by atoms with E-state index in [1.54, 1.807) is 0 Å². The van der Waals surface area contributed by atoms with E-state index in [1.165, 1.54) is 12.1 Å². The number of carboxylic acids is 1. The van der Waals surface area contributed by atoms with Crippen molar-refractivity contribution in [3.8, 4) is 0 Å². The number of carboxylic acid groups (broad SMARTS) is 1. The van der Waals surface area contributed by atoms with Gasteiger partial charge in [-0.25, -0.2) is 13.1 Å². The van der Waals surface area contributed by atoms with E-state index in [0.717, 1.165) is 12.1 Å². The molecule has 0 saturated heterocycles. The maximum atomic E-state index is 12.5. The highest BCUT2D eigenvalue weighted by Crippen LogP contribution is 2.29. The van der Waals surface area contributed by atoms with Gasteiger partial charge in [-0.2, -0.15) is 13.2 Å². The third-order valence-electron chi connectivity index (χ3n) is 2.55. The van der Waals surface area contributed by atoms with Gasteiger partial charge in [0.05, 0.1) is 11.3 Å². The summed E-state index contributed by atoms with van der Waals surface area (Å²) in [5, 5.41) is 8.40. The Morgan fingerprint density at radius 2 is 1.95 bits per heavy atom. The molecule has 21 heavy (non-hydrogen) atoms. The van der Waals surface area contributed by atoms with Gasteiger partial charge in [-0.15, -0.1) is 0 Å². The first-order valence-electron chi connectivity index (χ1n) is 5.95. The van der Waals surface area contributed by atoms with Gasteiger partial charge in [0, 0.05) is 13.0 Å². The zero-order valence-electron chi connectivity index (χ0n) is 10.9. The number of rotatable bonds is 7. The van der Waals surface area contributed by atoms with Crippen LogP contribution in [0.5, 0.6) is 0 Å². The third kappa shape index (κ3) is 6.58. The van der Waals surface area contributed by atoms with E-state index in [-0.39, 0.29) is 24.9 Å². The molecule has 0 spiro atoms. The van der Waals surface area contributed by atoms with Crippen molar-refractivity contribution in [1.29, 1.82) is 0 Å². The number of nitrogens with one attached hydrogen (secondary N) is 1. The minimum Gasteiger partial charge on any atom is -0.481 e. The van der Waals surface area contributed by atoms with E-state index in [0.29, 0.717) is 0 Å². The summed E-state index contributed by atoms with van der Waals surface area (Å²) in [7, 11) is -3.72. The van der Waals surface area contributed by atoms with Crippen molar-refractivity contribution >= 4 is 16.0 Å². The molecule has 1 aromatic carbocycles. The van der Waals surface area contributed by atoms with Crippen LogP contribution in [0.4, 0.5) is 13.2 Å². The number of benzene rings is 1. The fraction of sp³-hybridized carbons (Fsp3) is 0.417. The lowest BCUT2D eigenvalue weighted by atomic mass is 10.1. The van der Waals surface area contributed by atoms with Crippen LogP contribution in [-0.4, -0.2) is 25.2 Å². The van der Waals surface area contributed by atoms with Crippen molar-refractivity contribution in [1.82, 2.24) is 4.72 Å². The van der Waals surface area contributed by atoms with E-state index in [2.05, 4.69) is 4.72 Å². The standard InChI is InChI=1S/C12H14F3NO4S/c13-12(14,15)10-4-1-3-9(7-10)8-16-21(19,20)6-2-5-11(17)18/h1,3-4,7,16H,2,5-6,8H2,(H,17,18). The average molecular weight is 325 g/mol. The number of alkyl halides is 3. The van der Waals surface area contributed by atoms with E-state index < -0.39 is 33.5 Å². The fourth-order valence-electron chi connectivity index (χ4n) is 1.54. The summed E-state index contributed by atoms with van der Waals surface area (Å²) < 4.78 is 62.7. The van der Waals surface area contributed by atoms with Crippen LogP contribution in [0.1, 0.15) is 24.0 Å². The van der Waals surface area contributed by atoms with Gasteiger partial charge < -0.3 is 5.11 Å². The summed E-state index contributed by atoms with van der Waals surface area (Å²) in [4.78, 5) is 10.3. The topological polar surface area (TPSA) is 83.5 Å². The van der Waals surface area contributed by atoms with Crippen LogP contribution in [0.3, 0.4) is 0 Å². The molecule has 0 bridgehead atoms. The molecule has 1 aromatic rings. The molecular formula is C12H14F3NO4S. The SMILES string of the molecule is O=C(O)CCCS(=O)(=O)NCc1cccc(C(F)(F)F)c1. The molecule has 9 heteroatoms. The molecule has 0 fully saturated rings. The van der Waals surface area contributed by atoms with Crippen LogP contribution in [0, 0.1) is 0 Å². The van der Waals surface area contributed by atoms with Crippen LogP contribution in [0.25, 0.3) is 0 Å². The number of carbonyl (C=O) groups is 1. The Hall–Kier alpha value is -1.61. The monoisotopic (exact) mass is 325 g/mol. The van der Waals surface area contributed by atoms with Gasteiger partial charge in [0.15, 0.2) is 0 Å². The third-order valence-corrected chi connectivity index (χ3v) is 3.96. The Balaban J connectivity index is 2.60. The first-order valence-corrected chi connectivity index (χ1v) is 7.61. The summed E-state index contributed by atoms with van der Waals surface area (Å²) in [6.07, 6.45) is -4.84. The van der Waals surface area contributed by atoms with Crippen molar-refractivity contribution in [3.63, 3.8) is 0 Å². The Morgan fingerprint density at radius 1 is 1.29 bits per heavy atom. The Morgan fingerprint density at radius 3 is 2.52 bits per heavy atom. The highest BCUT2D eigenvalue weighted by molar-refractivity contribution is 7.89. The second-order valence-electron chi connectivity index (χ2n) is 4.34. The number of sulfonamides is 1. The van der Waals surface area contributed by atoms with Crippen molar-refractivity contribution in [3.05, 3.63) is 35.4 Å². The van der Waals surface area contributed by atoms with E-state index in [1.807, 2.05) is 0 Å². The van der Waals surface area contributed by atoms with Crippen molar-refractivity contribution in [2.75, 3.05) is 5.75 Å². The molecule has 1 rings (SSSR count). The summed E-state index contributed by atoms with van der Waals surface area (Å²) in [6, 6.07) is 4.32. The van der Waals surface area contributed by atoms with Gasteiger partial charge in [-0.3, -0.25) is 4.79 Å². The van der Waals surface area contributed by atoms with Crippen molar-refractivity contribution in [2.45, 2.75) is 25.6 Å². The van der Waals surface area contributed by atoms with Crippen molar-refractivity contribution in [2.24, 2.45) is 0 Å². The lowest BCUT2D eigenvalue weighted by molar-refractivity contribution is -0.138. The van der Waals surface area contributed by atoms with Crippen LogP contribution in [0.2, 0.25) is 0 Å². The predicted octanol–water partition coefficient (Wildman–Crippen LogP) is 1.99. The molecule has 5 nitrogen and oxygen atoms in total. The second kappa shape index (κ2) is 6.90. The predicted molar refractivity (Wildman–Crippen MR) is 68.9 cm³/mol. The maximum Gasteiger partial charge on any atom is 0.416 e. The molecule has 0 heterocycles. The van der Waals surface area contributed by atoms with Crippen LogP contribution in [-0.2, 0) is 27.5 Å². The molecule has 0 radical (unpaired) electrons. The molecule has 0 unspecified atom stereocenters. The lowest BCUT2D eigenvalue weighted by Crippen LogP contribution is -2.26. The number of halogens is 3. The molecular weight excluding hydrogens is 311 g/mol. The van der Waals surface area contributed by atoms with Crippen molar-refractivity contribution < 1.29 is 31.5 Å². The van der Waals surface area contributed by atoms with Crippen LogP contribution >= 0.6 is 0 Å². The van der Waals surface area contributed by atoms with E-state index in [9.17, 15) is 26.4 Å². The average Bonchev–Trinajstić information content (AvgIpc) is 2.35. The first-order chi connectivity index (χ1) is 9.60. The fourth-order valence-corrected chi connectivity index (χ4v) is 2.59. The first kappa shape index (κ1) is 17.4. The minimum atomic E-state index is -4.49. The molecule has 0 aromatic heterocycles. The molecule has 0 atom stereocenters. The zero-order chi connectivity index (χ0) is 16.1. The van der Waals surface area contributed by atoms with Gasteiger partial charge >= 0.3 is 12.1 Å². The molecule has 0 amide bonds. The van der Waals surface area contributed by atoms with Gasteiger partial charge in [0.2, 0.25) is 10.0 Å². The second-order valence-corrected chi connectivity index (χ2v) is 6.26. The molecule has 0 aliphatic carbocycles. The molecule has 0 aliphatic rings. The Bertz CT molecular complexity index is 599. The maximum absolute atomic E-state index is 12.5. The molecule has 0 saturated carbocycles. The van der Waals surface area contributed by atoms with E-state index >= 15 is 0 Å². The summed E-state index contributed by atoms with van der Waals surface area (Å²) in [5.74, 6) is -1.50. The lowest BCUT2D eigenvalue weighted by Gasteiger charge is -2.10. The van der Waals surface area contributed by atoms with Gasteiger partial charge in [-0.05, 0) is 18.1 Å². The quantitative estimate of drug-likeness (QED) is 0.803. The molecule has 118 valence electrons. The Labute approximate surface area is 119 Å². The van der Waals surface area contributed by atoms with Crippen LogP contribution in [0.15, 0.2) is 24.3 Å². The van der Waals surface area contributed by atoms with Gasteiger partial charge in [-0.1, -0.05) is 18.2 Å². The smallest absolute Gasteiger partial charge is 0.416 e. The highest BCUT2D eigenvalue weighted by atomic mass is 32.2. The minimum absolute atomic E-state index is 0.0622. The van der Waals surface area contributed by atoms with Gasteiger partial charge in [0.1, 0.15) is 0 Å². The largest absolute Gasteiger partial charge is 0.481 e. The number of hydrogen-bond donors (Lipinski definition) is 2. The highest BCUT2D eigenvalue weighted by Gasteiger charge is 2.30. The molecule has 0 aliphatic heterocycles. The van der Waals surface area contributed by atoms with E-state index in [4.69, 9.17) is 5.11 Å². The zero-order valence-corrected chi connectivity index (χ0v) is 11.7. The normalized spacial score (nSPS) is 12.3.